The van der Waals surface area contributed by atoms with Gasteiger partial charge >= 0.3 is 5.97 Å². The van der Waals surface area contributed by atoms with Crippen molar-refractivity contribution in [3.63, 3.8) is 0 Å². The van der Waals surface area contributed by atoms with E-state index in [0.717, 1.165) is 0 Å². The number of hydrogen-bond acceptors (Lipinski definition) is 3. The van der Waals surface area contributed by atoms with Crippen molar-refractivity contribution in [2.24, 2.45) is 11.3 Å². The van der Waals surface area contributed by atoms with Crippen molar-refractivity contribution in [3.8, 4) is 0 Å². The van der Waals surface area contributed by atoms with Crippen molar-refractivity contribution in [2.75, 3.05) is 0 Å². The maximum Gasteiger partial charge on any atom is 0.306 e. The van der Waals surface area contributed by atoms with Gasteiger partial charge in [-0.2, -0.15) is 0 Å². The molecule has 1 atom stereocenters. The van der Waals surface area contributed by atoms with Gasteiger partial charge in [0.2, 0.25) is 11.8 Å². The molecule has 0 bridgehead atoms. The number of hydrogen-bond donors (Lipinski definition) is 3. The van der Waals surface area contributed by atoms with E-state index >= 15 is 0 Å². The van der Waals surface area contributed by atoms with Gasteiger partial charge in [-0.25, -0.2) is 0 Å². The fourth-order valence-corrected chi connectivity index (χ4v) is 1.74. The molecule has 0 aromatic carbocycles. The Kier molecular flexibility index (Phi) is 4.55. The largest absolute Gasteiger partial charge is 0.481 e. The number of carboxylic acids is 1. The lowest BCUT2D eigenvalue weighted by Crippen LogP contribution is -2.54. The monoisotopic (exact) mass is 270 g/mol. The van der Waals surface area contributed by atoms with Crippen molar-refractivity contribution in [2.45, 2.75) is 52.6 Å². The molecular weight excluding hydrogens is 248 g/mol. The molecule has 0 heterocycles. The summed E-state index contributed by atoms with van der Waals surface area (Å²) in [6.07, 6.45) is 0.919. The molecule has 1 saturated carbocycles. The molecule has 0 aliphatic heterocycles. The Labute approximate surface area is 112 Å². The predicted molar refractivity (Wildman–Crippen MR) is 69.4 cm³/mol. The van der Waals surface area contributed by atoms with Gasteiger partial charge in [0.15, 0.2) is 0 Å². The molecule has 0 spiro atoms. The molecule has 1 aliphatic rings. The van der Waals surface area contributed by atoms with Crippen molar-refractivity contribution < 1.29 is 19.5 Å². The van der Waals surface area contributed by atoms with Crippen LogP contribution in [-0.2, 0) is 14.4 Å². The highest BCUT2D eigenvalue weighted by atomic mass is 16.4. The number of amides is 2. The van der Waals surface area contributed by atoms with E-state index in [-0.39, 0.29) is 23.8 Å². The molecule has 2 amide bonds. The Morgan fingerprint density at radius 3 is 2.16 bits per heavy atom. The second-order valence-corrected chi connectivity index (χ2v) is 6.16. The first-order valence-corrected chi connectivity index (χ1v) is 6.45. The molecule has 1 aliphatic carbocycles. The average molecular weight is 270 g/mol. The third-order valence-corrected chi connectivity index (χ3v) is 3.26. The second-order valence-electron chi connectivity index (χ2n) is 6.16. The van der Waals surface area contributed by atoms with Gasteiger partial charge in [-0.3, -0.25) is 14.4 Å². The van der Waals surface area contributed by atoms with Gasteiger partial charge in [0, 0.05) is 11.5 Å². The van der Waals surface area contributed by atoms with Crippen molar-refractivity contribution in [3.05, 3.63) is 0 Å². The molecule has 0 radical (unpaired) electrons. The van der Waals surface area contributed by atoms with E-state index in [9.17, 15) is 14.4 Å². The maximum absolute atomic E-state index is 11.8. The Balaban J connectivity index is 2.35. The molecular formula is C13H22N2O4. The zero-order valence-electron chi connectivity index (χ0n) is 11.8. The Hall–Kier alpha value is -1.59. The summed E-state index contributed by atoms with van der Waals surface area (Å²) in [6.45, 7) is 6.94. The Morgan fingerprint density at radius 1 is 1.21 bits per heavy atom. The van der Waals surface area contributed by atoms with Crippen LogP contribution in [0.2, 0.25) is 0 Å². The number of nitrogens with one attached hydrogen (secondary N) is 2. The van der Waals surface area contributed by atoms with Crippen molar-refractivity contribution >= 4 is 17.8 Å². The third kappa shape index (κ3) is 4.22. The van der Waals surface area contributed by atoms with E-state index in [1.165, 1.54) is 0 Å². The van der Waals surface area contributed by atoms with Crippen LogP contribution in [0.15, 0.2) is 0 Å². The first kappa shape index (κ1) is 15.5. The summed E-state index contributed by atoms with van der Waals surface area (Å²) < 4.78 is 0. The molecule has 108 valence electrons. The fraction of sp³-hybridized carbons (Fsp3) is 0.769. The lowest BCUT2D eigenvalue weighted by molar-refractivity contribution is -0.146. The zero-order valence-corrected chi connectivity index (χ0v) is 11.8. The topological polar surface area (TPSA) is 95.5 Å². The molecule has 1 unspecified atom stereocenters. The number of rotatable bonds is 4. The summed E-state index contributed by atoms with van der Waals surface area (Å²) in [5, 5.41) is 14.1. The minimum atomic E-state index is -0.820. The molecule has 0 saturated heterocycles. The Bertz CT molecular complexity index is 381. The average Bonchev–Trinajstić information content (AvgIpc) is 2.20. The van der Waals surface area contributed by atoms with Gasteiger partial charge in [-0.15, -0.1) is 0 Å². The molecule has 0 aromatic rings. The van der Waals surface area contributed by atoms with Crippen LogP contribution in [0.1, 0.15) is 40.5 Å². The zero-order chi connectivity index (χ0) is 14.8. The van der Waals surface area contributed by atoms with E-state index in [1.54, 1.807) is 27.7 Å². The summed E-state index contributed by atoms with van der Waals surface area (Å²) >= 11 is 0. The highest BCUT2D eigenvalue weighted by molar-refractivity contribution is 5.89. The van der Waals surface area contributed by atoms with Crippen LogP contribution in [0, 0.1) is 11.3 Å². The van der Waals surface area contributed by atoms with Crippen LogP contribution in [-0.4, -0.2) is 35.0 Å². The van der Waals surface area contributed by atoms with Gasteiger partial charge in [-0.05, 0) is 19.8 Å². The van der Waals surface area contributed by atoms with E-state index in [2.05, 4.69) is 10.6 Å². The molecule has 3 N–H and O–H groups in total. The summed E-state index contributed by atoms with van der Waals surface area (Å²) in [5.41, 5.74) is -0.542. The normalized spacial score (nSPS) is 24.0. The molecule has 19 heavy (non-hydrogen) atoms. The van der Waals surface area contributed by atoms with E-state index < -0.39 is 17.4 Å². The van der Waals surface area contributed by atoms with Gasteiger partial charge in [0.05, 0.1) is 5.92 Å². The van der Waals surface area contributed by atoms with E-state index in [1.807, 2.05) is 0 Å². The van der Waals surface area contributed by atoms with Gasteiger partial charge in [0.25, 0.3) is 0 Å². The standard InChI is InChI=1S/C13H22N2O4/c1-7(14-12(19)13(2,3)4)10(16)15-9-5-8(6-9)11(17)18/h7-9H,5-6H2,1-4H3,(H,14,19)(H,15,16)(H,17,18). The lowest BCUT2D eigenvalue weighted by atomic mass is 9.80. The fourth-order valence-electron chi connectivity index (χ4n) is 1.74. The van der Waals surface area contributed by atoms with Crippen LogP contribution < -0.4 is 10.6 Å². The SMILES string of the molecule is CC(NC(=O)C(C)(C)C)C(=O)NC1CC(C(=O)O)C1. The second kappa shape index (κ2) is 5.59. The lowest BCUT2D eigenvalue weighted by Gasteiger charge is -2.33. The highest BCUT2D eigenvalue weighted by Gasteiger charge is 2.36. The molecule has 0 aromatic heterocycles. The summed E-state index contributed by atoms with van der Waals surface area (Å²) in [7, 11) is 0. The smallest absolute Gasteiger partial charge is 0.306 e. The number of carbonyl (C=O) groups is 3. The predicted octanol–water partition coefficient (Wildman–Crippen LogP) is 0.517. The third-order valence-electron chi connectivity index (χ3n) is 3.26. The number of carboxylic acid groups (broad SMARTS) is 1. The van der Waals surface area contributed by atoms with Gasteiger partial charge in [0.1, 0.15) is 6.04 Å². The van der Waals surface area contributed by atoms with Crippen LogP contribution in [0.5, 0.6) is 0 Å². The minimum absolute atomic E-state index is 0.0948. The van der Waals surface area contributed by atoms with Crippen molar-refractivity contribution in [1.29, 1.82) is 0 Å². The molecule has 1 fully saturated rings. The highest BCUT2D eigenvalue weighted by Crippen LogP contribution is 2.27. The van der Waals surface area contributed by atoms with Gasteiger partial charge < -0.3 is 15.7 Å². The van der Waals surface area contributed by atoms with Crippen LogP contribution >= 0.6 is 0 Å². The number of aliphatic carboxylic acids is 1. The maximum atomic E-state index is 11.8. The quantitative estimate of drug-likeness (QED) is 0.694. The van der Waals surface area contributed by atoms with E-state index in [4.69, 9.17) is 5.11 Å². The van der Waals surface area contributed by atoms with Crippen LogP contribution in [0.4, 0.5) is 0 Å². The molecule has 1 rings (SSSR count). The summed E-state index contributed by atoms with van der Waals surface area (Å²) in [6, 6.07) is -0.710. The van der Waals surface area contributed by atoms with Crippen LogP contribution in [0.3, 0.4) is 0 Å². The summed E-state index contributed by atoms with van der Waals surface area (Å²) in [4.78, 5) is 34.2. The Morgan fingerprint density at radius 2 is 1.74 bits per heavy atom. The molecule has 6 nitrogen and oxygen atoms in total. The first-order chi connectivity index (χ1) is 8.61. The molecule has 6 heteroatoms. The van der Waals surface area contributed by atoms with Gasteiger partial charge in [-0.1, -0.05) is 20.8 Å². The van der Waals surface area contributed by atoms with Crippen molar-refractivity contribution in [1.82, 2.24) is 10.6 Å². The van der Waals surface area contributed by atoms with E-state index in [0.29, 0.717) is 12.8 Å². The summed E-state index contributed by atoms with van der Waals surface area (Å²) in [5.74, 6) is -1.64. The minimum Gasteiger partial charge on any atom is -0.481 e. The first-order valence-electron chi connectivity index (χ1n) is 6.45. The number of carbonyl (C=O) groups excluding carboxylic acids is 2. The van der Waals surface area contributed by atoms with Crippen LogP contribution in [0.25, 0.3) is 0 Å².